The van der Waals surface area contributed by atoms with Gasteiger partial charge in [-0.2, -0.15) is 0 Å². The standard InChI is InChI=1S/C12H21NO2/c1-9(2)6-12(14)7-13-10(3)11-4-5-15-8-11/h4-5,8-10,12-14H,6-7H2,1-3H3. The van der Waals surface area contributed by atoms with E-state index >= 15 is 0 Å². The average Bonchev–Trinajstić information content (AvgIpc) is 2.65. The number of hydrogen-bond acceptors (Lipinski definition) is 3. The molecule has 2 unspecified atom stereocenters. The fraction of sp³-hybridized carbons (Fsp3) is 0.667. The number of rotatable bonds is 6. The van der Waals surface area contributed by atoms with Crippen molar-refractivity contribution in [2.75, 3.05) is 6.54 Å². The molecule has 3 nitrogen and oxygen atoms in total. The van der Waals surface area contributed by atoms with Crippen LogP contribution >= 0.6 is 0 Å². The monoisotopic (exact) mass is 211 g/mol. The lowest BCUT2D eigenvalue weighted by molar-refractivity contribution is 0.143. The van der Waals surface area contributed by atoms with Crippen LogP contribution in [0.2, 0.25) is 0 Å². The summed E-state index contributed by atoms with van der Waals surface area (Å²) in [5.41, 5.74) is 1.12. The van der Waals surface area contributed by atoms with Crippen molar-refractivity contribution in [3.8, 4) is 0 Å². The zero-order valence-electron chi connectivity index (χ0n) is 9.73. The van der Waals surface area contributed by atoms with Crippen LogP contribution in [0, 0.1) is 5.92 Å². The van der Waals surface area contributed by atoms with Crippen LogP contribution in [0.1, 0.15) is 38.8 Å². The molecule has 1 aromatic heterocycles. The Morgan fingerprint density at radius 1 is 1.40 bits per heavy atom. The molecule has 0 radical (unpaired) electrons. The lowest BCUT2D eigenvalue weighted by atomic mass is 10.1. The molecular formula is C12H21NO2. The van der Waals surface area contributed by atoms with E-state index in [0.29, 0.717) is 12.5 Å². The lowest BCUT2D eigenvalue weighted by Crippen LogP contribution is -2.29. The van der Waals surface area contributed by atoms with Gasteiger partial charge in [-0.05, 0) is 25.3 Å². The first-order valence-electron chi connectivity index (χ1n) is 5.53. The molecule has 1 rings (SSSR count). The van der Waals surface area contributed by atoms with Crippen molar-refractivity contribution < 1.29 is 9.52 Å². The number of aliphatic hydroxyl groups is 1. The van der Waals surface area contributed by atoms with Crippen molar-refractivity contribution in [3.63, 3.8) is 0 Å². The molecule has 2 N–H and O–H groups in total. The van der Waals surface area contributed by atoms with Crippen LogP contribution in [-0.4, -0.2) is 17.8 Å². The second-order valence-corrected chi connectivity index (χ2v) is 4.47. The third kappa shape index (κ3) is 4.49. The minimum absolute atomic E-state index is 0.227. The van der Waals surface area contributed by atoms with Crippen molar-refractivity contribution in [1.82, 2.24) is 5.32 Å². The Morgan fingerprint density at radius 3 is 2.67 bits per heavy atom. The largest absolute Gasteiger partial charge is 0.472 e. The fourth-order valence-electron chi connectivity index (χ4n) is 1.58. The van der Waals surface area contributed by atoms with Crippen LogP contribution in [-0.2, 0) is 0 Å². The predicted octanol–water partition coefficient (Wildman–Crippen LogP) is 2.34. The molecule has 0 amide bonds. The fourth-order valence-corrected chi connectivity index (χ4v) is 1.58. The van der Waals surface area contributed by atoms with E-state index in [1.807, 2.05) is 6.07 Å². The van der Waals surface area contributed by atoms with E-state index < -0.39 is 0 Å². The Balaban J connectivity index is 2.25. The SMILES string of the molecule is CC(C)CC(O)CNC(C)c1ccoc1. The maximum absolute atomic E-state index is 9.68. The molecule has 0 aromatic carbocycles. The van der Waals surface area contributed by atoms with E-state index in [9.17, 15) is 5.11 Å². The van der Waals surface area contributed by atoms with Gasteiger partial charge in [0.25, 0.3) is 0 Å². The highest BCUT2D eigenvalue weighted by Gasteiger charge is 2.10. The lowest BCUT2D eigenvalue weighted by Gasteiger charge is -2.17. The molecule has 0 aliphatic heterocycles. The first-order chi connectivity index (χ1) is 7.09. The molecule has 1 heterocycles. The summed E-state index contributed by atoms with van der Waals surface area (Å²) in [7, 11) is 0. The summed E-state index contributed by atoms with van der Waals surface area (Å²) in [4.78, 5) is 0. The van der Waals surface area contributed by atoms with Gasteiger partial charge in [-0.15, -0.1) is 0 Å². The van der Waals surface area contributed by atoms with E-state index in [0.717, 1.165) is 12.0 Å². The molecule has 0 fully saturated rings. The Morgan fingerprint density at radius 2 is 2.13 bits per heavy atom. The molecule has 0 bridgehead atoms. The van der Waals surface area contributed by atoms with Crippen LogP contribution in [0.3, 0.4) is 0 Å². The van der Waals surface area contributed by atoms with Crippen molar-refractivity contribution in [1.29, 1.82) is 0 Å². The molecule has 3 heteroatoms. The second kappa shape index (κ2) is 5.93. The van der Waals surface area contributed by atoms with Crippen LogP contribution < -0.4 is 5.32 Å². The van der Waals surface area contributed by atoms with Gasteiger partial charge < -0.3 is 14.8 Å². The van der Waals surface area contributed by atoms with Gasteiger partial charge in [0, 0.05) is 18.2 Å². The Kier molecular flexibility index (Phi) is 4.85. The van der Waals surface area contributed by atoms with Crippen molar-refractivity contribution in [2.45, 2.75) is 39.3 Å². The van der Waals surface area contributed by atoms with E-state index in [1.165, 1.54) is 0 Å². The van der Waals surface area contributed by atoms with E-state index in [1.54, 1.807) is 12.5 Å². The summed E-state index contributed by atoms with van der Waals surface area (Å²) in [6.45, 7) is 6.92. The first kappa shape index (κ1) is 12.3. The smallest absolute Gasteiger partial charge is 0.0950 e. The van der Waals surface area contributed by atoms with Crippen LogP contribution in [0.15, 0.2) is 23.0 Å². The normalized spacial score (nSPS) is 15.5. The van der Waals surface area contributed by atoms with Crippen molar-refractivity contribution >= 4 is 0 Å². The van der Waals surface area contributed by atoms with E-state index in [-0.39, 0.29) is 12.1 Å². The Hall–Kier alpha value is -0.800. The zero-order chi connectivity index (χ0) is 11.3. The van der Waals surface area contributed by atoms with Crippen LogP contribution in [0.25, 0.3) is 0 Å². The second-order valence-electron chi connectivity index (χ2n) is 4.47. The average molecular weight is 211 g/mol. The highest BCUT2D eigenvalue weighted by atomic mass is 16.3. The van der Waals surface area contributed by atoms with Gasteiger partial charge >= 0.3 is 0 Å². The van der Waals surface area contributed by atoms with E-state index in [2.05, 4.69) is 26.1 Å². The van der Waals surface area contributed by atoms with Gasteiger partial charge in [-0.3, -0.25) is 0 Å². The third-order valence-electron chi connectivity index (χ3n) is 2.45. The summed E-state index contributed by atoms with van der Waals surface area (Å²) in [5.74, 6) is 0.533. The van der Waals surface area contributed by atoms with Gasteiger partial charge in [0.15, 0.2) is 0 Å². The molecule has 0 saturated carbocycles. The summed E-state index contributed by atoms with van der Waals surface area (Å²) in [6, 6.07) is 2.16. The minimum Gasteiger partial charge on any atom is -0.472 e. The quantitative estimate of drug-likeness (QED) is 0.759. The van der Waals surface area contributed by atoms with E-state index in [4.69, 9.17) is 4.42 Å². The molecule has 0 aliphatic rings. The van der Waals surface area contributed by atoms with Crippen LogP contribution in [0.4, 0.5) is 0 Å². The van der Waals surface area contributed by atoms with Crippen molar-refractivity contribution in [2.24, 2.45) is 5.92 Å². The van der Waals surface area contributed by atoms with Crippen molar-refractivity contribution in [3.05, 3.63) is 24.2 Å². The van der Waals surface area contributed by atoms with Gasteiger partial charge in [-0.25, -0.2) is 0 Å². The topological polar surface area (TPSA) is 45.4 Å². The third-order valence-corrected chi connectivity index (χ3v) is 2.45. The highest BCUT2D eigenvalue weighted by molar-refractivity contribution is 5.10. The Bertz CT molecular complexity index is 257. The van der Waals surface area contributed by atoms with Gasteiger partial charge in [0.2, 0.25) is 0 Å². The minimum atomic E-state index is -0.264. The molecular weight excluding hydrogens is 190 g/mol. The summed E-state index contributed by atoms with van der Waals surface area (Å²) < 4.78 is 5.00. The summed E-state index contributed by atoms with van der Waals surface area (Å²) >= 11 is 0. The molecule has 2 atom stereocenters. The molecule has 0 spiro atoms. The number of furan rings is 1. The molecule has 86 valence electrons. The molecule has 15 heavy (non-hydrogen) atoms. The summed E-state index contributed by atoms with van der Waals surface area (Å²) in [5, 5.41) is 13.0. The van der Waals surface area contributed by atoms with Gasteiger partial charge in [0.1, 0.15) is 0 Å². The molecule has 1 aromatic rings. The number of hydrogen-bond donors (Lipinski definition) is 2. The highest BCUT2D eigenvalue weighted by Crippen LogP contribution is 2.12. The summed E-state index contributed by atoms with van der Waals surface area (Å²) in [6.07, 6.45) is 3.97. The first-order valence-corrected chi connectivity index (χ1v) is 5.53. The molecule has 0 aliphatic carbocycles. The predicted molar refractivity (Wildman–Crippen MR) is 60.6 cm³/mol. The molecule has 0 saturated heterocycles. The maximum atomic E-state index is 9.68. The number of nitrogens with one attached hydrogen (secondary N) is 1. The zero-order valence-corrected chi connectivity index (χ0v) is 9.73. The van der Waals surface area contributed by atoms with Gasteiger partial charge in [-0.1, -0.05) is 13.8 Å². The Labute approximate surface area is 91.5 Å². The van der Waals surface area contributed by atoms with Crippen LogP contribution in [0.5, 0.6) is 0 Å². The number of aliphatic hydroxyl groups excluding tert-OH is 1. The maximum Gasteiger partial charge on any atom is 0.0950 e. The van der Waals surface area contributed by atoms with Gasteiger partial charge in [0.05, 0.1) is 18.6 Å².